The zero-order valence-corrected chi connectivity index (χ0v) is 8.09. The third-order valence-corrected chi connectivity index (χ3v) is 2.66. The molecule has 0 amide bonds. The Morgan fingerprint density at radius 2 is 2.25 bits per heavy atom. The molecule has 2 atom stereocenters. The van der Waals surface area contributed by atoms with Gasteiger partial charge in [-0.25, -0.2) is 0 Å². The molecule has 1 aliphatic rings. The fourth-order valence-electron chi connectivity index (χ4n) is 1.98. The van der Waals surface area contributed by atoms with Crippen LogP contribution < -0.4 is 5.73 Å². The lowest BCUT2D eigenvalue weighted by Crippen LogP contribution is -2.26. The van der Waals surface area contributed by atoms with Crippen molar-refractivity contribution in [1.82, 2.24) is 0 Å². The lowest BCUT2D eigenvalue weighted by Gasteiger charge is -2.29. The van der Waals surface area contributed by atoms with E-state index < -0.39 is 0 Å². The quantitative estimate of drug-likeness (QED) is 0.701. The van der Waals surface area contributed by atoms with Crippen LogP contribution in [0.4, 0.5) is 0 Å². The number of nitrogens with two attached hydrogens (primary N) is 1. The van der Waals surface area contributed by atoms with Gasteiger partial charge in [-0.15, -0.1) is 0 Å². The fraction of sp³-hybridized carbons (Fsp3) is 1.00. The Labute approximate surface area is 75.5 Å². The predicted octanol–water partition coefficient (Wildman–Crippen LogP) is 1.93. The molecule has 0 bridgehead atoms. The van der Waals surface area contributed by atoms with Crippen LogP contribution >= 0.6 is 0 Å². The minimum Gasteiger partial charge on any atom is -0.378 e. The van der Waals surface area contributed by atoms with E-state index in [2.05, 4.69) is 6.92 Å². The predicted molar refractivity (Wildman–Crippen MR) is 51.0 cm³/mol. The van der Waals surface area contributed by atoms with Crippen molar-refractivity contribution in [2.24, 2.45) is 11.7 Å². The molecular weight excluding hydrogens is 150 g/mol. The van der Waals surface area contributed by atoms with E-state index in [0.717, 1.165) is 19.1 Å². The summed E-state index contributed by atoms with van der Waals surface area (Å²) in [5.41, 5.74) is 5.54. The molecule has 1 fully saturated rings. The molecule has 0 aromatic heterocycles. The van der Waals surface area contributed by atoms with Crippen LogP contribution in [0.1, 0.15) is 39.0 Å². The van der Waals surface area contributed by atoms with Gasteiger partial charge in [0.05, 0.1) is 6.10 Å². The Hall–Kier alpha value is -0.0800. The molecular formula is C10H21NO. The van der Waals surface area contributed by atoms with Crippen LogP contribution in [0.15, 0.2) is 0 Å². The summed E-state index contributed by atoms with van der Waals surface area (Å²) in [6.45, 7) is 4.01. The van der Waals surface area contributed by atoms with Crippen LogP contribution in [-0.2, 0) is 4.74 Å². The highest BCUT2D eigenvalue weighted by Gasteiger charge is 2.20. The van der Waals surface area contributed by atoms with Crippen LogP contribution in [0.25, 0.3) is 0 Å². The summed E-state index contributed by atoms with van der Waals surface area (Å²) in [6.07, 6.45) is 6.63. The molecule has 2 nitrogen and oxygen atoms in total. The molecule has 72 valence electrons. The summed E-state index contributed by atoms with van der Waals surface area (Å²) < 4.78 is 5.65. The first-order chi connectivity index (χ1) is 5.86. The summed E-state index contributed by atoms with van der Waals surface area (Å²) in [5.74, 6) is 0.834. The van der Waals surface area contributed by atoms with Crippen LogP contribution in [0.5, 0.6) is 0 Å². The van der Waals surface area contributed by atoms with Crippen LogP contribution in [0, 0.1) is 5.92 Å². The lowest BCUT2D eigenvalue weighted by atomic mass is 9.91. The van der Waals surface area contributed by atoms with E-state index in [0.29, 0.717) is 6.10 Å². The van der Waals surface area contributed by atoms with Crippen molar-refractivity contribution in [3.63, 3.8) is 0 Å². The summed E-state index contributed by atoms with van der Waals surface area (Å²) in [7, 11) is 0. The molecule has 0 aromatic carbocycles. The number of hydrogen-bond donors (Lipinski definition) is 1. The second kappa shape index (κ2) is 5.55. The molecule has 0 radical (unpaired) electrons. The molecule has 0 aromatic rings. The van der Waals surface area contributed by atoms with E-state index in [9.17, 15) is 0 Å². The van der Waals surface area contributed by atoms with Gasteiger partial charge in [-0.1, -0.05) is 13.3 Å². The standard InChI is InChI=1S/C10H21NO/c1-2-3-10-8-9(4-6-11)5-7-12-10/h9-10H,2-8,11H2,1H3. The van der Waals surface area contributed by atoms with Crippen molar-refractivity contribution in [3.05, 3.63) is 0 Å². The van der Waals surface area contributed by atoms with Gasteiger partial charge in [-0.3, -0.25) is 0 Å². The van der Waals surface area contributed by atoms with Gasteiger partial charge < -0.3 is 10.5 Å². The van der Waals surface area contributed by atoms with Crippen molar-refractivity contribution in [1.29, 1.82) is 0 Å². The van der Waals surface area contributed by atoms with Gasteiger partial charge in [-0.05, 0) is 38.1 Å². The zero-order chi connectivity index (χ0) is 8.81. The first kappa shape index (κ1) is 10.0. The molecule has 1 aliphatic heterocycles. The maximum Gasteiger partial charge on any atom is 0.0577 e. The second-order valence-corrected chi connectivity index (χ2v) is 3.75. The van der Waals surface area contributed by atoms with Crippen molar-refractivity contribution in [2.75, 3.05) is 13.2 Å². The molecule has 2 heteroatoms. The van der Waals surface area contributed by atoms with Gasteiger partial charge in [0.2, 0.25) is 0 Å². The number of hydrogen-bond acceptors (Lipinski definition) is 2. The molecule has 12 heavy (non-hydrogen) atoms. The molecule has 0 spiro atoms. The van der Waals surface area contributed by atoms with Crippen molar-refractivity contribution < 1.29 is 4.74 Å². The molecule has 1 saturated heterocycles. The van der Waals surface area contributed by atoms with Gasteiger partial charge in [0.15, 0.2) is 0 Å². The average Bonchev–Trinajstić information content (AvgIpc) is 2.06. The highest BCUT2D eigenvalue weighted by Crippen LogP contribution is 2.24. The number of rotatable bonds is 4. The van der Waals surface area contributed by atoms with Gasteiger partial charge in [-0.2, -0.15) is 0 Å². The minimum atomic E-state index is 0.528. The van der Waals surface area contributed by atoms with Crippen LogP contribution in [0.2, 0.25) is 0 Å². The van der Waals surface area contributed by atoms with E-state index in [1.807, 2.05) is 0 Å². The maximum atomic E-state index is 5.65. The topological polar surface area (TPSA) is 35.2 Å². The summed E-state index contributed by atoms with van der Waals surface area (Å²) in [6, 6.07) is 0. The van der Waals surface area contributed by atoms with Gasteiger partial charge in [0.25, 0.3) is 0 Å². The molecule has 1 rings (SSSR count). The number of ether oxygens (including phenoxy) is 1. The van der Waals surface area contributed by atoms with Crippen molar-refractivity contribution >= 4 is 0 Å². The summed E-state index contributed by atoms with van der Waals surface area (Å²) in [4.78, 5) is 0. The van der Waals surface area contributed by atoms with Gasteiger partial charge in [0.1, 0.15) is 0 Å². The van der Waals surface area contributed by atoms with E-state index in [1.54, 1.807) is 0 Å². The highest BCUT2D eigenvalue weighted by atomic mass is 16.5. The minimum absolute atomic E-state index is 0.528. The van der Waals surface area contributed by atoms with Gasteiger partial charge >= 0.3 is 0 Å². The second-order valence-electron chi connectivity index (χ2n) is 3.75. The normalized spacial score (nSPS) is 30.5. The smallest absolute Gasteiger partial charge is 0.0577 e. The monoisotopic (exact) mass is 171 g/mol. The third-order valence-electron chi connectivity index (χ3n) is 2.66. The van der Waals surface area contributed by atoms with E-state index in [-0.39, 0.29) is 0 Å². The van der Waals surface area contributed by atoms with Gasteiger partial charge in [0, 0.05) is 6.61 Å². The Kier molecular flexibility index (Phi) is 4.62. The summed E-state index contributed by atoms with van der Waals surface area (Å²) in [5, 5.41) is 0. The van der Waals surface area contributed by atoms with E-state index in [1.165, 1.54) is 32.1 Å². The molecule has 0 saturated carbocycles. The van der Waals surface area contributed by atoms with Crippen LogP contribution in [-0.4, -0.2) is 19.3 Å². The SMILES string of the molecule is CCCC1CC(CCN)CCO1. The summed E-state index contributed by atoms with van der Waals surface area (Å²) >= 11 is 0. The lowest BCUT2D eigenvalue weighted by molar-refractivity contribution is -0.0144. The molecule has 2 unspecified atom stereocenters. The van der Waals surface area contributed by atoms with E-state index in [4.69, 9.17) is 10.5 Å². The highest BCUT2D eigenvalue weighted by molar-refractivity contribution is 4.71. The Morgan fingerprint density at radius 3 is 2.92 bits per heavy atom. The Balaban J connectivity index is 2.20. The largest absolute Gasteiger partial charge is 0.378 e. The molecule has 2 N–H and O–H groups in total. The maximum absolute atomic E-state index is 5.65. The Bertz CT molecular complexity index is 100. The average molecular weight is 171 g/mol. The fourth-order valence-corrected chi connectivity index (χ4v) is 1.98. The molecule has 0 aliphatic carbocycles. The Morgan fingerprint density at radius 1 is 1.42 bits per heavy atom. The van der Waals surface area contributed by atoms with Crippen LogP contribution in [0.3, 0.4) is 0 Å². The third kappa shape index (κ3) is 3.11. The van der Waals surface area contributed by atoms with E-state index >= 15 is 0 Å². The molecule has 1 heterocycles. The van der Waals surface area contributed by atoms with Crippen molar-refractivity contribution in [2.45, 2.75) is 45.1 Å². The first-order valence-corrected chi connectivity index (χ1v) is 5.18. The van der Waals surface area contributed by atoms with Crippen molar-refractivity contribution in [3.8, 4) is 0 Å². The zero-order valence-electron chi connectivity index (χ0n) is 8.09. The first-order valence-electron chi connectivity index (χ1n) is 5.18.